The Hall–Kier alpha value is -6.72. The monoisotopic (exact) mass is 995 g/mol. The molecule has 0 aliphatic heterocycles. The summed E-state index contributed by atoms with van der Waals surface area (Å²) in [7, 11) is 0. The molecule has 0 amide bonds. The Bertz CT molecular complexity index is 3540. The van der Waals surface area contributed by atoms with E-state index in [1.165, 1.54) is 55.5 Å². The highest BCUT2D eigenvalue weighted by molar-refractivity contribution is 6.11. The lowest BCUT2D eigenvalue weighted by Gasteiger charge is -2.31. The zero-order chi connectivity index (χ0) is 54.4. The Balaban J connectivity index is 1.35. The first-order chi connectivity index (χ1) is 34.8. The summed E-state index contributed by atoms with van der Waals surface area (Å²) in [4.78, 5) is 5.10. The van der Waals surface area contributed by atoms with Crippen molar-refractivity contribution in [1.29, 1.82) is 0 Å². The predicted octanol–water partition coefficient (Wildman–Crippen LogP) is 18.0. The molecule has 0 saturated carbocycles. The molecular formula is C70H82N4O. The van der Waals surface area contributed by atoms with E-state index in [2.05, 4.69) is 297 Å². The minimum Gasteiger partial charge on any atom is -0.458 e. The van der Waals surface area contributed by atoms with Crippen LogP contribution in [0.25, 0.3) is 39.0 Å². The molecule has 0 aliphatic carbocycles. The minimum absolute atomic E-state index is 0.0575. The molecule has 0 N–H and O–H groups in total. The van der Waals surface area contributed by atoms with Gasteiger partial charge in [-0.2, -0.15) is 0 Å². The Kier molecular flexibility index (Phi) is 13.1. The molecule has 0 unspecified atom stereocenters. The second-order valence-corrected chi connectivity index (χ2v) is 27.4. The molecule has 0 fully saturated rings. The number of fused-ring (bicyclic) bond motifs is 3. The molecule has 0 bridgehead atoms. The van der Waals surface area contributed by atoms with Gasteiger partial charge in [0.25, 0.3) is 6.33 Å². The van der Waals surface area contributed by atoms with Crippen molar-refractivity contribution in [2.75, 3.05) is 0 Å². The third kappa shape index (κ3) is 10.1. The topological polar surface area (TPSA) is 35.9 Å². The summed E-state index contributed by atoms with van der Waals surface area (Å²) in [5.41, 5.74) is 13.8. The molecule has 5 heteroatoms. The lowest BCUT2D eigenvalue weighted by atomic mass is 9.76. The Morgan fingerprint density at radius 1 is 0.440 bits per heavy atom. The van der Waals surface area contributed by atoms with E-state index >= 15 is 0 Å². The van der Waals surface area contributed by atoms with E-state index in [9.17, 15) is 0 Å². The van der Waals surface area contributed by atoms with Crippen molar-refractivity contribution in [3.63, 3.8) is 0 Å². The molecule has 75 heavy (non-hydrogen) atoms. The van der Waals surface area contributed by atoms with Crippen LogP contribution in [0.4, 0.5) is 0 Å². The standard InChI is InChI=1S/C70H82N4O/c1-64(2,3)48-34-35-71-60(41-48)74-58-33-27-26-32-56(58)61-57(70(18,19)47-30-24-21-25-31-47)43-55(44-59(61)74)75-54-40-51(69(16,17)46-28-22-20-23-29-46)39-53(42-54)73-45-72(62(67(10,11)12)63(73)68(13,14)15)52-37-49(65(4,5)6)36-50(38-52)66(7,8)9/h20-44H,1-19H3. The van der Waals surface area contributed by atoms with Gasteiger partial charge in [-0.3, -0.25) is 13.7 Å². The molecule has 9 aromatic rings. The summed E-state index contributed by atoms with van der Waals surface area (Å²) in [5.74, 6) is 2.39. The first-order valence-corrected chi connectivity index (χ1v) is 27.1. The van der Waals surface area contributed by atoms with Crippen molar-refractivity contribution in [1.82, 2.24) is 14.1 Å². The van der Waals surface area contributed by atoms with Gasteiger partial charge in [-0.25, -0.2) is 4.98 Å². The number of aromatic nitrogens is 4. The highest BCUT2D eigenvalue weighted by atomic mass is 16.5. The van der Waals surface area contributed by atoms with Gasteiger partial charge in [0.1, 0.15) is 17.3 Å². The van der Waals surface area contributed by atoms with Crippen LogP contribution in [0.5, 0.6) is 11.5 Å². The molecule has 0 radical (unpaired) electrons. The fourth-order valence-electron chi connectivity index (χ4n) is 10.9. The van der Waals surface area contributed by atoms with Crippen LogP contribution in [-0.2, 0) is 37.9 Å². The summed E-state index contributed by atoms with van der Waals surface area (Å²) in [6.45, 7) is 44.0. The molecule has 0 atom stereocenters. The minimum atomic E-state index is -0.410. The van der Waals surface area contributed by atoms with Crippen LogP contribution in [0.15, 0.2) is 152 Å². The van der Waals surface area contributed by atoms with Crippen LogP contribution < -0.4 is 9.30 Å². The Morgan fingerprint density at radius 3 is 1.55 bits per heavy atom. The second kappa shape index (κ2) is 18.5. The van der Waals surface area contributed by atoms with Gasteiger partial charge in [0.05, 0.1) is 33.8 Å². The lowest BCUT2D eigenvalue weighted by Crippen LogP contribution is -2.41. The second-order valence-electron chi connectivity index (χ2n) is 27.4. The molecule has 3 aromatic heterocycles. The zero-order valence-electron chi connectivity index (χ0n) is 48.6. The van der Waals surface area contributed by atoms with E-state index in [1.807, 2.05) is 6.20 Å². The van der Waals surface area contributed by atoms with Gasteiger partial charge in [-0.05, 0) is 121 Å². The Labute approximate surface area is 449 Å². The van der Waals surface area contributed by atoms with Crippen molar-refractivity contribution in [3.05, 3.63) is 208 Å². The van der Waals surface area contributed by atoms with Gasteiger partial charge in [0, 0.05) is 33.9 Å². The predicted molar refractivity (Wildman–Crippen MR) is 315 cm³/mol. The molecule has 9 rings (SSSR count). The van der Waals surface area contributed by atoms with Crippen LogP contribution in [0.2, 0.25) is 0 Å². The molecule has 6 aromatic carbocycles. The molecule has 5 nitrogen and oxygen atoms in total. The SMILES string of the molecule is CC(C)(C)c1cc(-[n+]2[c-]n(-c3cc(Oc4cc(C(C)(C)c5ccccc5)c5c6ccccc6n(-c6cc(C(C)(C)C)ccn6)c5c4)cc(C(C)(C)c4ccccc4)c3)c(C(C)(C)C)c2C(C)(C)C)cc(C(C)(C)C)c1. The number of ether oxygens (including phenoxy) is 1. The van der Waals surface area contributed by atoms with Crippen molar-refractivity contribution < 1.29 is 9.30 Å². The van der Waals surface area contributed by atoms with Crippen molar-refractivity contribution in [3.8, 4) is 28.7 Å². The number of hydrogen-bond donors (Lipinski definition) is 0. The van der Waals surface area contributed by atoms with Crippen molar-refractivity contribution in [2.24, 2.45) is 0 Å². The Morgan fingerprint density at radius 2 is 0.987 bits per heavy atom. The van der Waals surface area contributed by atoms with Crippen molar-refractivity contribution in [2.45, 2.75) is 169 Å². The first-order valence-electron chi connectivity index (χ1n) is 27.1. The van der Waals surface area contributed by atoms with E-state index < -0.39 is 10.8 Å². The maximum absolute atomic E-state index is 7.51. The van der Waals surface area contributed by atoms with Gasteiger partial charge in [-0.15, -0.1) is 0 Å². The molecule has 0 aliphatic rings. The van der Waals surface area contributed by atoms with E-state index in [-0.39, 0.29) is 27.1 Å². The zero-order valence-corrected chi connectivity index (χ0v) is 48.6. The van der Waals surface area contributed by atoms with Gasteiger partial charge in [0.2, 0.25) is 0 Å². The smallest absolute Gasteiger partial charge is 0.269 e. The van der Waals surface area contributed by atoms with Gasteiger partial charge < -0.3 is 4.74 Å². The van der Waals surface area contributed by atoms with Gasteiger partial charge >= 0.3 is 0 Å². The summed E-state index contributed by atoms with van der Waals surface area (Å²) >= 11 is 0. The van der Waals surface area contributed by atoms with Gasteiger partial charge in [0.15, 0.2) is 0 Å². The summed E-state index contributed by atoms with van der Waals surface area (Å²) < 4.78 is 14.6. The van der Waals surface area contributed by atoms with Crippen LogP contribution in [-0.4, -0.2) is 14.1 Å². The van der Waals surface area contributed by atoms with E-state index in [1.54, 1.807) is 0 Å². The highest BCUT2D eigenvalue weighted by Gasteiger charge is 2.36. The number of benzene rings is 6. The normalized spacial score (nSPS) is 13.3. The number of nitrogens with zero attached hydrogens (tertiary/aromatic N) is 4. The number of para-hydroxylation sites is 1. The van der Waals surface area contributed by atoms with Crippen molar-refractivity contribution >= 4 is 21.8 Å². The average Bonchev–Trinajstić information content (AvgIpc) is 3.92. The number of rotatable bonds is 9. The highest BCUT2D eigenvalue weighted by Crippen LogP contribution is 2.46. The summed E-state index contributed by atoms with van der Waals surface area (Å²) in [5, 5.41) is 2.37. The number of pyridine rings is 1. The molecular weight excluding hydrogens is 913 g/mol. The maximum atomic E-state index is 7.51. The molecule has 388 valence electrons. The summed E-state index contributed by atoms with van der Waals surface area (Å²) in [6, 6.07) is 53.5. The quantitative estimate of drug-likeness (QED) is 0.107. The van der Waals surface area contributed by atoms with E-state index in [0.717, 1.165) is 45.3 Å². The molecule has 3 heterocycles. The van der Waals surface area contributed by atoms with Gasteiger partial charge in [-0.1, -0.05) is 216 Å². The average molecular weight is 995 g/mol. The largest absolute Gasteiger partial charge is 0.458 e. The van der Waals surface area contributed by atoms with Crippen LogP contribution in [0.3, 0.4) is 0 Å². The van der Waals surface area contributed by atoms with E-state index in [4.69, 9.17) is 9.72 Å². The fourth-order valence-corrected chi connectivity index (χ4v) is 10.9. The molecule has 0 spiro atoms. The first kappa shape index (κ1) is 53.1. The summed E-state index contributed by atoms with van der Waals surface area (Å²) in [6.07, 6.45) is 6.01. The number of imidazole rings is 1. The third-order valence-corrected chi connectivity index (χ3v) is 15.6. The van der Waals surface area contributed by atoms with Crippen LogP contribution in [0.1, 0.15) is 182 Å². The van der Waals surface area contributed by atoms with Crippen LogP contribution in [0, 0.1) is 6.33 Å². The molecule has 0 saturated heterocycles. The lowest BCUT2D eigenvalue weighted by molar-refractivity contribution is -0.611. The van der Waals surface area contributed by atoms with E-state index in [0.29, 0.717) is 0 Å². The third-order valence-electron chi connectivity index (χ3n) is 15.6. The fraction of sp³-hybridized carbons (Fsp3) is 0.371. The maximum Gasteiger partial charge on any atom is 0.269 e. The van der Waals surface area contributed by atoms with Crippen LogP contribution >= 0.6 is 0 Å². The number of hydrogen-bond acceptors (Lipinski definition) is 2.